The normalized spacial score (nSPS) is 27.2. The molecule has 3 aliphatic rings. The van der Waals surface area contributed by atoms with Crippen molar-refractivity contribution in [1.29, 1.82) is 0 Å². The fourth-order valence-electron chi connectivity index (χ4n) is 6.01. The van der Waals surface area contributed by atoms with Gasteiger partial charge in [0.05, 0.1) is 0 Å². The maximum atomic E-state index is 13.4. The van der Waals surface area contributed by atoms with Crippen LogP contribution in [0.15, 0.2) is 6.07 Å². The molecule has 1 aromatic carbocycles. The van der Waals surface area contributed by atoms with Crippen molar-refractivity contribution in [3.05, 3.63) is 22.8 Å². The molecule has 1 heterocycles. The van der Waals surface area contributed by atoms with Crippen molar-refractivity contribution in [2.45, 2.75) is 90.9 Å². The van der Waals surface area contributed by atoms with E-state index in [1.54, 1.807) is 0 Å². The number of benzene rings is 1. The largest absolute Gasteiger partial charge is 0.422 e. The average Bonchev–Trinajstić information content (AvgIpc) is 2.90. The van der Waals surface area contributed by atoms with Gasteiger partial charge in [-0.1, -0.05) is 47.1 Å². The summed E-state index contributed by atoms with van der Waals surface area (Å²) < 4.78 is 11.8. The van der Waals surface area contributed by atoms with E-state index in [9.17, 15) is 9.59 Å². The number of carbonyl (C=O) groups is 2. The number of rotatable bonds is 4. The molecule has 1 aromatic rings. The van der Waals surface area contributed by atoms with Gasteiger partial charge in [0.2, 0.25) is 0 Å². The minimum atomic E-state index is -0.563. The van der Waals surface area contributed by atoms with Gasteiger partial charge in [-0.15, -0.1) is 0 Å². The van der Waals surface area contributed by atoms with E-state index in [4.69, 9.17) is 9.47 Å². The molecular formula is C24H32O4. The number of hydrogen-bond donors (Lipinski definition) is 0. The minimum absolute atomic E-state index is 0.104. The first-order valence-corrected chi connectivity index (χ1v) is 10.9. The molecule has 152 valence electrons. The number of hydrogen-bond acceptors (Lipinski definition) is 4. The van der Waals surface area contributed by atoms with Gasteiger partial charge in [-0.2, -0.15) is 0 Å². The summed E-state index contributed by atoms with van der Waals surface area (Å²) in [7, 11) is 0. The summed E-state index contributed by atoms with van der Waals surface area (Å²) in [5.41, 5.74) is 2.76. The van der Waals surface area contributed by atoms with E-state index in [0.717, 1.165) is 49.7 Å². The molecule has 1 spiro atoms. The van der Waals surface area contributed by atoms with Gasteiger partial charge in [-0.25, -0.2) is 0 Å². The van der Waals surface area contributed by atoms with Crippen LogP contribution in [-0.4, -0.2) is 11.9 Å². The number of esters is 2. The molecule has 0 unspecified atom stereocenters. The molecule has 0 bridgehead atoms. The summed E-state index contributed by atoms with van der Waals surface area (Å²) in [6.07, 6.45) is 6.06. The van der Waals surface area contributed by atoms with Crippen molar-refractivity contribution in [1.82, 2.24) is 0 Å². The van der Waals surface area contributed by atoms with Gasteiger partial charge < -0.3 is 9.47 Å². The molecule has 1 fully saturated rings. The molecule has 0 radical (unpaired) electrons. The Morgan fingerprint density at radius 3 is 2.75 bits per heavy atom. The highest BCUT2D eigenvalue weighted by molar-refractivity contribution is 5.94. The van der Waals surface area contributed by atoms with Crippen LogP contribution >= 0.6 is 0 Å². The van der Waals surface area contributed by atoms with Crippen LogP contribution in [0, 0.1) is 11.3 Å². The van der Waals surface area contributed by atoms with Crippen molar-refractivity contribution < 1.29 is 19.1 Å². The molecule has 0 aromatic heterocycles. The molecular weight excluding hydrogens is 352 g/mol. The van der Waals surface area contributed by atoms with Crippen LogP contribution in [0.4, 0.5) is 0 Å². The summed E-state index contributed by atoms with van der Waals surface area (Å²) in [6, 6.07) is 2.18. The maximum Gasteiger partial charge on any atom is 0.322 e. The van der Waals surface area contributed by atoms with Crippen molar-refractivity contribution in [2.24, 2.45) is 11.3 Å². The zero-order valence-electron chi connectivity index (χ0n) is 17.8. The van der Waals surface area contributed by atoms with Crippen LogP contribution < -0.4 is 9.47 Å². The summed E-state index contributed by atoms with van der Waals surface area (Å²) >= 11 is 0. The second kappa shape index (κ2) is 6.60. The van der Waals surface area contributed by atoms with E-state index in [1.807, 2.05) is 6.92 Å². The smallest absolute Gasteiger partial charge is 0.322 e. The molecule has 2 aliphatic carbocycles. The lowest BCUT2D eigenvalue weighted by molar-refractivity contribution is -0.146. The SMILES string of the molecule is CCCC(=O)Oc1c(C(C)C)cc2c3c1OC(=O)[C@@]31CCCC(C)(C)[C@@H]1CC2. The fourth-order valence-corrected chi connectivity index (χ4v) is 6.01. The Hall–Kier alpha value is -1.84. The third-order valence-electron chi connectivity index (χ3n) is 7.28. The van der Waals surface area contributed by atoms with E-state index >= 15 is 0 Å². The molecule has 4 heteroatoms. The van der Waals surface area contributed by atoms with E-state index in [-0.39, 0.29) is 29.2 Å². The summed E-state index contributed by atoms with van der Waals surface area (Å²) in [5.74, 6) is 1.10. The fraction of sp³-hybridized carbons (Fsp3) is 0.667. The molecule has 0 amide bonds. The maximum absolute atomic E-state index is 13.4. The van der Waals surface area contributed by atoms with Crippen molar-refractivity contribution in [3.63, 3.8) is 0 Å². The molecule has 4 rings (SSSR count). The third kappa shape index (κ3) is 2.63. The summed E-state index contributed by atoms with van der Waals surface area (Å²) in [6.45, 7) is 10.7. The molecule has 0 saturated heterocycles. The van der Waals surface area contributed by atoms with Crippen LogP contribution in [0.3, 0.4) is 0 Å². The molecule has 28 heavy (non-hydrogen) atoms. The monoisotopic (exact) mass is 384 g/mol. The molecule has 2 atom stereocenters. The lowest BCUT2D eigenvalue weighted by atomic mass is 9.50. The quantitative estimate of drug-likeness (QED) is 0.512. The van der Waals surface area contributed by atoms with Gasteiger partial charge >= 0.3 is 11.9 Å². The predicted molar refractivity (Wildman–Crippen MR) is 108 cm³/mol. The standard InChI is InChI=1S/C24H32O4/c1-6-8-18(25)27-20-16(14(2)3)13-15-9-10-17-23(4,5)11-7-12-24(17)19(15)21(20)28-22(24)26/h13-14,17H,6-12H2,1-5H3/t17-,24+/m0/s1. The van der Waals surface area contributed by atoms with E-state index in [0.29, 0.717) is 17.9 Å². The van der Waals surface area contributed by atoms with E-state index in [1.165, 1.54) is 5.56 Å². The first-order chi connectivity index (χ1) is 13.2. The topological polar surface area (TPSA) is 52.6 Å². The van der Waals surface area contributed by atoms with Crippen molar-refractivity contribution in [3.8, 4) is 11.5 Å². The van der Waals surface area contributed by atoms with Gasteiger partial charge in [-0.3, -0.25) is 9.59 Å². The highest BCUT2D eigenvalue weighted by Crippen LogP contribution is 2.64. The second-order valence-electron chi connectivity index (χ2n) is 9.83. The van der Waals surface area contributed by atoms with Crippen LogP contribution in [0.5, 0.6) is 11.5 Å². The highest BCUT2D eigenvalue weighted by atomic mass is 16.6. The Morgan fingerprint density at radius 1 is 1.32 bits per heavy atom. The molecule has 1 saturated carbocycles. The number of carbonyl (C=O) groups excluding carboxylic acids is 2. The van der Waals surface area contributed by atoms with Crippen LogP contribution in [-0.2, 0) is 21.4 Å². The Kier molecular flexibility index (Phi) is 4.59. The van der Waals surface area contributed by atoms with E-state index < -0.39 is 5.41 Å². The number of aryl methyl sites for hydroxylation is 1. The van der Waals surface area contributed by atoms with Gasteiger partial charge in [0.1, 0.15) is 5.41 Å². The van der Waals surface area contributed by atoms with Crippen LogP contribution in [0.2, 0.25) is 0 Å². The number of ether oxygens (including phenoxy) is 2. The van der Waals surface area contributed by atoms with Gasteiger partial charge in [0.25, 0.3) is 0 Å². The third-order valence-corrected chi connectivity index (χ3v) is 7.28. The minimum Gasteiger partial charge on any atom is -0.422 e. The molecule has 4 nitrogen and oxygen atoms in total. The Bertz CT molecular complexity index is 835. The van der Waals surface area contributed by atoms with Crippen molar-refractivity contribution in [2.75, 3.05) is 0 Å². The predicted octanol–water partition coefficient (Wildman–Crippen LogP) is 5.44. The van der Waals surface area contributed by atoms with Crippen LogP contribution in [0.1, 0.15) is 95.8 Å². The lowest BCUT2D eigenvalue weighted by Gasteiger charge is -2.51. The van der Waals surface area contributed by atoms with Gasteiger partial charge in [0, 0.05) is 17.5 Å². The molecule has 0 N–H and O–H groups in total. The zero-order valence-corrected chi connectivity index (χ0v) is 17.8. The Balaban J connectivity index is 1.92. The average molecular weight is 385 g/mol. The van der Waals surface area contributed by atoms with E-state index in [2.05, 4.69) is 33.8 Å². The Morgan fingerprint density at radius 2 is 2.07 bits per heavy atom. The first kappa shape index (κ1) is 19.5. The lowest BCUT2D eigenvalue weighted by Crippen LogP contribution is -2.52. The van der Waals surface area contributed by atoms with Crippen LogP contribution in [0.25, 0.3) is 0 Å². The van der Waals surface area contributed by atoms with Crippen molar-refractivity contribution >= 4 is 11.9 Å². The summed E-state index contributed by atoms with van der Waals surface area (Å²) in [5, 5.41) is 0. The highest BCUT2D eigenvalue weighted by Gasteiger charge is 2.62. The zero-order chi connectivity index (χ0) is 20.3. The summed E-state index contributed by atoms with van der Waals surface area (Å²) in [4.78, 5) is 25.7. The van der Waals surface area contributed by atoms with Gasteiger partial charge in [0.15, 0.2) is 11.5 Å². The first-order valence-electron chi connectivity index (χ1n) is 10.9. The van der Waals surface area contributed by atoms with Gasteiger partial charge in [-0.05, 0) is 54.9 Å². The second-order valence-corrected chi connectivity index (χ2v) is 9.83. The molecule has 1 aliphatic heterocycles. The Labute approximate surface area is 168 Å².